The number of nitrogens with zero attached hydrogens (tertiary/aromatic N) is 3. The lowest BCUT2D eigenvalue weighted by molar-refractivity contribution is -0.136. The molecular weight excluding hydrogens is 403 g/mol. The Kier molecular flexibility index (Phi) is 6.56. The zero-order valence-electron chi connectivity index (χ0n) is 17.0. The Morgan fingerprint density at radius 1 is 1.20 bits per heavy atom. The fourth-order valence-corrected chi connectivity index (χ4v) is 4.21. The van der Waals surface area contributed by atoms with E-state index in [9.17, 15) is 14.0 Å². The molecule has 3 aromatic rings. The largest absolute Gasteiger partial charge is 0.368 e. The molecule has 2 N–H and O–H groups in total. The SMILES string of the molecule is Cc1cc(C)cc(-n2ccnc2SCC(=O)N(C)C(C(N)=O)c2cccc(F)c2)c1. The second kappa shape index (κ2) is 9.13. The highest BCUT2D eigenvalue weighted by atomic mass is 32.2. The maximum atomic E-state index is 13.6. The van der Waals surface area contributed by atoms with Gasteiger partial charge in [-0.25, -0.2) is 9.37 Å². The highest BCUT2D eigenvalue weighted by molar-refractivity contribution is 7.99. The summed E-state index contributed by atoms with van der Waals surface area (Å²) in [5.41, 5.74) is 9.05. The number of benzene rings is 2. The Morgan fingerprint density at radius 2 is 1.90 bits per heavy atom. The number of imidazole rings is 1. The average molecular weight is 427 g/mol. The summed E-state index contributed by atoms with van der Waals surface area (Å²) in [5.74, 6) is -1.48. The Morgan fingerprint density at radius 3 is 2.53 bits per heavy atom. The van der Waals surface area contributed by atoms with Gasteiger partial charge in [0.2, 0.25) is 11.8 Å². The molecule has 0 aliphatic rings. The molecule has 0 saturated carbocycles. The molecule has 0 radical (unpaired) electrons. The van der Waals surface area contributed by atoms with E-state index in [-0.39, 0.29) is 11.7 Å². The van der Waals surface area contributed by atoms with Crippen molar-refractivity contribution in [2.75, 3.05) is 12.8 Å². The summed E-state index contributed by atoms with van der Waals surface area (Å²) in [6.45, 7) is 4.05. The lowest BCUT2D eigenvalue weighted by Gasteiger charge is -2.26. The van der Waals surface area contributed by atoms with Crippen molar-refractivity contribution in [1.82, 2.24) is 14.5 Å². The molecule has 1 heterocycles. The third-order valence-corrected chi connectivity index (χ3v) is 5.58. The molecule has 3 rings (SSSR count). The Labute approximate surface area is 178 Å². The second-order valence-electron chi connectivity index (χ2n) is 7.08. The summed E-state index contributed by atoms with van der Waals surface area (Å²) in [6, 6.07) is 10.6. The molecule has 0 bridgehead atoms. The van der Waals surface area contributed by atoms with E-state index >= 15 is 0 Å². The van der Waals surface area contributed by atoms with Crippen LogP contribution >= 0.6 is 11.8 Å². The second-order valence-corrected chi connectivity index (χ2v) is 8.02. The van der Waals surface area contributed by atoms with Crippen LogP contribution in [0.2, 0.25) is 0 Å². The molecule has 1 atom stereocenters. The molecule has 2 aromatic carbocycles. The number of carbonyl (C=O) groups is 2. The maximum Gasteiger partial charge on any atom is 0.244 e. The predicted molar refractivity (Wildman–Crippen MR) is 115 cm³/mol. The summed E-state index contributed by atoms with van der Waals surface area (Å²) in [7, 11) is 1.49. The van der Waals surface area contributed by atoms with Crippen molar-refractivity contribution < 1.29 is 14.0 Å². The first-order chi connectivity index (χ1) is 14.3. The number of hydrogen-bond donors (Lipinski definition) is 1. The minimum atomic E-state index is -1.05. The van der Waals surface area contributed by atoms with Crippen molar-refractivity contribution in [1.29, 1.82) is 0 Å². The number of rotatable bonds is 7. The minimum Gasteiger partial charge on any atom is -0.368 e. The highest BCUT2D eigenvalue weighted by Gasteiger charge is 2.27. The van der Waals surface area contributed by atoms with E-state index in [2.05, 4.69) is 11.1 Å². The van der Waals surface area contributed by atoms with Gasteiger partial charge in [0.15, 0.2) is 5.16 Å². The standard InChI is InChI=1S/C22H23FN4O2S/c1-14-9-15(2)11-18(10-14)27-8-7-25-22(27)30-13-19(28)26(3)20(21(24)29)16-5-4-6-17(23)12-16/h4-12,20H,13H2,1-3H3,(H2,24,29). The molecule has 156 valence electrons. The quantitative estimate of drug-likeness (QED) is 0.587. The van der Waals surface area contributed by atoms with Crippen LogP contribution in [-0.2, 0) is 9.59 Å². The molecule has 6 nitrogen and oxygen atoms in total. The predicted octanol–water partition coefficient (Wildman–Crippen LogP) is 3.41. The van der Waals surface area contributed by atoms with Gasteiger partial charge in [0.25, 0.3) is 0 Å². The van der Waals surface area contributed by atoms with Gasteiger partial charge in [-0.15, -0.1) is 0 Å². The Bertz CT molecular complexity index is 1060. The van der Waals surface area contributed by atoms with Gasteiger partial charge in [0, 0.05) is 25.1 Å². The number of nitrogens with two attached hydrogens (primary N) is 1. The Hall–Kier alpha value is -3.13. The van der Waals surface area contributed by atoms with E-state index in [1.807, 2.05) is 36.7 Å². The lowest BCUT2D eigenvalue weighted by atomic mass is 10.0. The first-order valence-corrected chi connectivity index (χ1v) is 10.3. The van der Waals surface area contributed by atoms with Gasteiger partial charge in [0.05, 0.1) is 5.75 Å². The van der Waals surface area contributed by atoms with Crippen molar-refractivity contribution in [3.8, 4) is 5.69 Å². The monoisotopic (exact) mass is 426 g/mol. The van der Waals surface area contributed by atoms with Crippen molar-refractivity contribution in [2.24, 2.45) is 5.73 Å². The molecular formula is C22H23FN4O2S. The number of primary amides is 1. The summed E-state index contributed by atoms with van der Waals surface area (Å²) >= 11 is 1.26. The summed E-state index contributed by atoms with van der Waals surface area (Å²) in [6.07, 6.45) is 3.51. The number of amides is 2. The van der Waals surface area contributed by atoms with Crippen molar-refractivity contribution >= 4 is 23.6 Å². The van der Waals surface area contributed by atoms with Crippen LogP contribution in [0.1, 0.15) is 22.7 Å². The third kappa shape index (κ3) is 4.88. The topological polar surface area (TPSA) is 81.2 Å². The first-order valence-electron chi connectivity index (χ1n) is 9.31. The number of aryl methyl sites for hydroxylation is 2. The third-order valence-electron chi connectivity index (χ3n) is 4.63. The van der Waals surface area contributed by atoms with E-state index in [0.717, 1.165) is 16.8 Å². The van der Waals surface area contributed by atoms with E-state index in [4.69, 9.17) is 5.73 Å². The zero-order valence-corrected chi connectivity index (χ0v) is 17.8. The number of thioether (sulfide) groups is 1. The van der Waals surface area contributed by atoms with Crippen LogP contribution in [0.3, 0.4) is 0 Å². The Balaban J connectivity index is 1.75. The lowest BCUT2D eigenvalue weighted by Crippen LogP contribution is -2.40. The molecule has 0 aliphatic carbocycles. The number of aromatic nitrogens is 2. The van der Waals surface area contributed by atoms with Gasteiger partial charge >= 0.3 is 0 Å². The molecule has 1 aromatic heterocycles. The number of halogens is 1. The van der Waals surface area contributed by atoms with Crippen molar-refractivity contribution in [3.05, 3.63) is 77.4 Å². The minimum absolute atomic E-state index is 0.0530. The smallest absolute Gasteiger partial charge is 0.244 e. The van der Waals surface area contributed by atoms with E-state index < -0.39 is 17.8 Å². The normalized spacial score (nSPS) is 11.9. The summed E-state index contributed by atoms with van der Waals surface area (Å²) < 4.78 is 15.5. The molecule has 2 amide bonds. The van der Waals surface area contributed by atoms with Crippen LogP contribution < -0.4 is 5.73 Å². The number of carbonyl (C=O) groups excluding carboxylic acids is 2. The van der Waals surface area contributed by atoms with Gasteiger partial charge in [-0.2, -0.15) is 0 Å². The zero-order chi connectivity index (χ0) is 21.8. The van der Waals surface area contributed by atoms with Crippen LogP contribution in [0.25, 0.3) is 5.69 Å². The molecule has 0 aliphatic heterocycles. The van der Waals surface area contributed by atoms with Crippen LogP contribution in [0, 0.1) is 19.7 Å². The van der Waals surface area contributed by atoms with Gasteiger partial charge in [-0.3, -0.25) is 14.2 Å². The molecule has 1 unspecified atom stereocenters. The summed E-state index contributed by atoms with van der Waals surface area (Å²) in [4.78, 5) is 30.3. The van der Waals surface area contributed by atoms with Gasteiger partial charge in [-0.1, -0.05) is 30.0 Å². The highest BCUT2D eigenvalue weighted by Crippen LogP contribution is 2.25. The van der Waals surface area contributed by atoms with Crippen molar-refractivity contribution in [3.63, 3.8) is 0 Å². The fourth-order valence-electron chi connectivity index (χ4n) is 3.31. The van der Waals surface area contributed by atoms with Gasteiger partial charge in [0.1, 0.15) is 11.9 Å². The van der Waals surface area contributed by atoms with E-state index in [0.29, 0.717) is 10.7 Å². The first kappa shape index (κ1) is 21.6. The number of hydrogen-bond acceptors (Lipinski definition) is 4. The molecule has 0 spiro atoms. The number of likely N-dealkylation sites (N-methyl/N-ethyl adjacent to an activating group) is 1. The van der Waals surface area contributed by atoms with Crippen LogP contribution in [0.4, 0.5) is 4.39 Å². The van der Waals surface area contributed by atoms with Crippen molar-refractivity contribution in [2.45, 2.75) is 25.0 Å². The van der Waals surface area contributed by atoms with Crippen LogP contribution in [-0.4, -0.2) is 39.1 Å². The molecule has 8 heteroatoms. The van der Waals surface area contributed by atoms with E-state index in [1.54, 1.807) is 12.3 Å². The van der Waals surface area contributed by atoms with E-state index in [1.165, 1.54) is 41.9 Å². The van der Waals surface area contributed by atoms with Crippen LogP contribution in [0.15, 0.2) is 60.0 Å². The summed E-state index contributed by atoms with van der Waals surface area (Å²) in [5, 5.41) is 0.656. The average Bonchev–Trinajstić information content (AvgIpc) is 3.14. The van der Waals surface area contributed by atoms with Gasteiger partial charge in [-0.05, 0) is 54.8 Å². The van der Waals surface area contributed by atoms with Gasteiger partial charge < -0.3 is 10.6 Å². The maximum absolute atomic E-state index is 13.6. The van der Waals surface area contributed by atoms with Crippen LogP contribution in [0.5, 0.6) is 0 Å². The molecule has 0 fully saturated rings. The molecule has 30 heavy (non-hydrogen) atoms. The molecule has 0 saturated heterocycles. The fraction of sp³-hybridized carbons (Fsp3) is 0.227.